The largest absolute Gasteiger partial charge is 0.480 e. The summed E-state index contributed by atoms with van der Waals surface area (Å²) in [5.41, 5.74) is 2.21. The number of nitrogens with zero attached hydrogens (tertiary/aromatic N) is 2. The van der Waals surface area contributed by atoms with Crippen molar-refractivity contribution in [1.82, 2.24) is 15.5 Å². The van der Waals surface area contributed by atoms with E-state index in [1.807, 2.05) is 13.0 Å². The van der Waals surface area contributed by atoms with E-state index in [9.17, 15) is 14.7 Å². The van der Waals surface area contributed by atoms with E-state index in [1.54, 1.807) is 33.8 Å². The summed E-state index contributed by atoms with van der Waals surface area (Å²) in [5, 5.41) is 16.3. The van der Waals surface area contributed by atoms with Crippen molar-refractivity contribution in [2.45, 2.75) is 40.7 Å². The van der Waals surface area contributed by atoms with Crippen LogP contribution in [0.25, 0.3) is 22.4 Å². The molecule has 142 valence electrons. The van der Waals surface area contributed by atoms with E-state index in [2.05, 4.69) is 15.5 Å². The molecule has 2 N–H and O–H groups in total. The summed E-state index contributed by atoms with van der Waals surface area (Å²) < 4.78 is 10.8. The van der Waals surface area contributed by atoms with Gasteiger partial charge >= 0.3 is 5.97 Å². The molecule has 1 atom stereocenters. The van der Waals surface area contributed by atoms with E-state index in [1.165, 1.54) is 0 Å². The third-order valence-electron chi connectivity index (χ3n) is 4.40. The van der Waals surface area contributed by atoms with Crippen molar-refractivity contribution in [3.8, 4) is 11.3 Å². The van der Waals surface area contributed by atoms with Gasteiger partial charge in [-0.2, -0.15) is 0 Å². The molecule has 3 aromatic rings. The van der Waals surface area contributed by atoms with Crippen molar-refractivity contribution in [3.05, 3.63) is 34.9 Å². The van der Waals surface area contributed by atoms with Gasteiger partial charge in [0.05, 0.1) is 22.3 Å². The number of carbonyl (C=O) groups excluding carboxylic acids is 1. The van der Waals surface area contributed by atoms with Gasteiger partial charge in [-0.25, -0.2) is 9.78 Å². The molecule has 3 heterocycles. The smallest absolute Gasteiger partial charge is 0.326 e. The standard InChI is InChI=1S/C19H21N3O5/c1-8(2)16(19(24)25)21-17(23)13-7-14(12-6-9(3)26-11(12)5)20-18-15(13)10(4)22-27-18/h6-8,16H,1-5H3,(H,21,23)(H,24,25)/t16-/m1/s1. The Morgan fingerprint density at radius 2 is 1.89 bits per heavy atom. The Labute approximate surface area is 155 Å². The number of aryl methyl sites for hydroxylation is 3. The topological polar surface area (TPSA) is 118 Å². The summed E-state index contributed by atoms with van der Waals surface area (Å²) in [4.78, 5) is 28.8. The minimum atomic E-state index is -1.09. The van der Waals surface area contributed by atoms with Gasteiger partial charge in [0.1, 0.15) is 17.6 Å². The molecule has 0 aliphatic carbocycles. The zero-order valence-corrected chi connectivity index (χ0v) is 15.8. The van der Waals surface area contributed by atoms with Crippen LogP contribution in [0.1, 0.15) is 41.4 Å². The molecule has 0 unspecified atom stereocenters. The molecular weight excluding hydrogens is 350 g/mol. The number of rotatable bonds is 5. The predicted octanol–water partition coefficient (Wildman–Crippen LogP) is 3.25. The van der Waals surface area contributed by atoms with E-state index < -0.39 is 17.9 Å². The van der Waals surface area contributed by atoms with E-state index in [-0.39, 0.29) is 17.2 Å². The maximum atomic E-state index is 12.9. The number of aromatic nitrogens is 2. The molecule has 8 heteroatoms. The average Bonchev–Trinajstić information content (AvgIpc) is 3.13. The molecule has 0 aromatic carbocycles. The van der Waals surface area contributed by atoms with E-state index in [0.717, 1.165) is 11.3 Å². The van der Waals surface area contributed by atoms with Crippen LogP contribution in [0.15, 0.2) is 21.1 Å². The number of carboxylic acids is 1. The highest BCUT2D eigenvalue weighted by Gasteiger charge is 2.27. The second-order valence-electron chi connectivity index (χ2n) is 6.86. The first-order chi connectivity index (χ1) is 12.7. The fourth-order valence-corrected chi connectivity index (χ4v) is 3.03. The Kier molecular flexibility index (Phi) is 4.73. The molecule has 8 nitrogen and oxygen atoms in total. The quantitative estimate of drug-likeness (QED) is 0.706. The van der Waals surface area contributed by atoms with Crippen LogP contribution in [-0.2, 0) is 4.79 Å². The van der Waals surface area contributed by atoms with Crippen molar-refractivity contribution >= 4 is 23.0 Å². The summed E-state index contributed by atoms with van der Waals surface area (Å²) in [7, 11) is 0. The number of carboxylic acid groups (broad SMARTS) is 1. The molecule has 27 heavy (non-hydrogen) atoms. The lowest BCUT2D eigenvalue weighted by molar-refractivity contribution is -0.140. The van der Waals surface area contributed by atoms with Crippen LogP contribution in [0.3, 0.4) is 0 Å². The zero-order chi connectivity index (χ0) is 19.9. The van der Waals surface area contributed by atoms with Crippen LogP contribution in [0, 0.1) is 26.7 Å². The first-order valence-electron chi connectivity index (χ1n) is 8.57. The summed E-state index contributed by atoms with van der Waals surface area (Å²) in [6, 6.07) is 2.42. The highest BCUT2D eigenvalue weighted by atomic mass is 16.5. The van der Waals surface area contributed by atoms with Crippen LogP contribution in [0.4, 0.5) is 0 Å². The zero-order valence-electron chi connectivity index (χ0n) is 15.8. The summed E-state index contributed by atoms with van der Waals surface area (Å²) in [6.07, 6.45) is 0. The molecule has 0 fully saturated rings. The van der Waals surface area contributed by atoms with Crippen LogP contribution in [0.5, 0.6) is 0 Å². The lowest BCUT2D eigenvalue weighted by Crippen LogP contribution is -2.44. The normalized spacial score (nSPS) is 12.5. The molecule has 0 aliphatic heterocycles. The van der Waals surface area contributed by atoms with Gasteiger partial charge in [-0.3, -0.25) is 4.79 Å². The van der Waals surface area contributed by atoms with Gasteiger partial charge in [0.15, 0.2) is 0 Å². The molecule has 0 saturated heterocycles. The lowest BCUT2D eigenvalue weighted by Gasteiger charge is -2.18. The molecule has 3 rings (SSSR count). The number of furan rings is 1. The minimum Gasteiger partial charge on any atom is -0.480 e. The SMILES string of the molecule is Cc1cc(-c2cc(C(=O)N[C@@H](C(=O)O)C(C)C)c3c(C)noc3n2)c(C)o1. The Bertz CT molecular complexity index is 1030. The average molecular weight is 371 g/mol. The predicted molar refractivity (Wildman–Crippen MR) is 97.4 cm³/mol. The Balaban J connectivity index is 2.13. The molecular formula is C19H21N3O5. The van der Waals surface area contributed by atoms with Crippen LogP contribution in [0.2, 0.25) is 0 Å². The van der Waals surface area contributed by atoms with Gasteiger partial charge in [0, 0.05) is 5.56 Å². The fraction of sp³-hybridized carbons (Fsp3) is 0.368. The van der Waals surface area contributed by atoms with Crippen molar-refractivity contribution in [2.24, 2.45) is 5.92 Å². The second kappa shape index (κ2) is 6.86. The van der Waals surface area contributed by atoms with Gasteiger partial charge in [0.25, 0.3) is 11.6 Å². The summed E-state index contributed by atoms with van der Waals surface area (Å²) in [6.45, 7) is 8.79. The summed E-state index contributed by atoms with van der Waals surface area (Å²) >= 11 is 0. The molecule has 3 aromatic heterocycles. The number of amides is 1. The van der Waals surface area contributed by atoms with Gasteiger partial charge in [0.2, 0.25) is 0 Å². The molecule has 0 bridgehead atoms. The first-order valence-corrected chi connectivity index (χ1v) is 8.57. The third kappa shape index (κ3) is 3.42. The molecule has 0 aliphatic rings. The molecule has 0 radical (unpaired) electrons. The minimum absolute atomic E-state index is 0.213. The van der Waals surface area contributed by atoms with E-state index in [0.29, 0.717) is 22.5 Å². The number of aliphatic carboxylic acids is 1. The monoisotopic (exact) mass is 371 g/mol. The third-order valence-corrected chi connectivity index (χ3v) is 4.40. The van der Waals surface area contributed by atoms with E-state index in [4.69, 9.17) is 8.94 Å². The number of nitrogens with one attached hydrogen (secondary N) is 1. The van der Waals surface area contributed by atoms with Gasteiger partial charge in [-0.15, -0.1) is 0 Å². The Morgan fingerprint density at radius 1 is 1.19 bits per heavy atom. The maximum Gasteiger partial charge on any atom is 0.326 e. The number of fused-ring (bicyclic) bond motifs is 1. The summed E-state index contributed by atoms with van der Waals surface area (Å²) in [5.74, 6) is -0.505. The molecule has 0 spiro atoms. The molecule has 0 saturated carbocycles. The van der Waals surface area contributed by atoms with Gasteiger partial charge in [-0.1, -0.05) is 19.0 Å². The van der Waals surface area contributed by atoms with Crippen molar-refractivity contribution < 1.29 is 23.6 Å². The second-order valence-corrected chi connectivity index (χ2v) is 6.86. The Morgan fingerprint density at radius 3 is 2.44 bits per heavy atom. The van der Waals surface area contributed by atoms with Crippen LogP contribution >= 0.6 is 0 Å². The maximum absolute atomic E-state index is 12.9. The fourth-order valence-electron chi connectivity index (χ4n) is 3.03. The number of carbonyl (C=O) groups is 2. The van der Waals surface area contributed by atoms with Crippen molar-refractivity contribution in [1.29, 1.82) is 0 Å². The highest BCUT2D eigenvalue weighted by molar-refractivity contribution is 6.08. The molecule has 1 amide bonds. The van der Waals surface area contributed by atoms with Gasteiger partial charge < -0.3 is 19.4 Å². The highest BCUT2D eigenvalue weighted by Crippen LogP contribution is 2.30. The van der Waals surface area contributed by atoms with Crippen molar-refractivity contribution in [3.63, 3.8) is 0 Å². The number of hydrogen-bond donors (Lipinski definition) is 2. The van der Waals surface area contributed by atoms with Gasteiger partial charge in [-0.05, 0) is 38.8 Å². The lowest BCUT2D eigenvalue weighted by atomic mass is 10.0. The van der Waals surface area contributed by atoms with Crippen LogP contribution < -0.4 is 5.32 Å². The number of pyridine rings is 1. The number of hydrogen-bond acceptors (Lipinski definition) is 6. The van der Waals surface area contributed by atoms with Crippen molar-refractivity contribution in [2.75, 3.05) is 0 Å². The van der Waals surface area contributed by atoms with E-state index >= 15 is 0 Å². The van der Waals surface area contributed by atoms with Crippen LogP contribution in [-0.4, -0.2) is 33.2 Å². The Hall–Kier alpha value is -3.16. The first kappa shape index (κ1) is 18.6.